The van der Waals surface area contributed by atoms with Crippen LogP contribution in [0.25, 0.3) is 10.4 Å². The lowest BCUT2D eigenvalue weighted by atomic mass is 10.1. The summed E-state index contributed by atoms with van der Waals surface area (Å²) in [6.07, 6.45) is 5.25. The van der Waals surface area contributed by atoms with Gasteiger partial charge in [-0.3, -0.25) is 0 Å². The van der Waals surface area contributed by atoms with Crippen LogP contribution in [0.1, 0.15) is 31.1 Å². The van der Waals surface area contributed by atoms with Gasteiger partial charge in [-0.2, -0.15) is 0 Å². The van der Waals surface area contributed by atoms with Crippen LogP contribution in [0.15, 0.2) is 29.0 Å². The summed E-state index contributed by atoms with van der Waals surface area (Å²) in [4.78, 5) is 2.93. The van der Waals surface area contributed by atoms with Gasteiger partial charge in [0.1, 0.15) is 0 Å². The third-order valence-electron chi connectivity index (χ3n) is 2.49. The molecule has 0 bridgehead atoms. The molecule has 2 aromatic rings. The Balaban J connectivity index is 1.98. The standard InChI is InChI=1S/C13H16S2/c1-2-3-4-6-12-9-11(10-15-12)13-7-5-8-14-13/h5,7-10H,2-4,6H2,1H3. The predicted octanol–water partition coefficient (Wildman–Crippen LogP) is 5.21. The Morgan fingerprint density at radius 1 is 1.20 bits per heavy atom. The van der Waals surface area contributed by atoms with Gasteiger partial charge in [0.25, 0.3) is 0 Å². The van der Waals surface area contributed by atoms with Crippen LogP contribution in [0.5, 0.6) is 0 Å². The molecule has 2 heteroatoms. The third kappa shape index (κ3) is 2.93. The molecule has 0 saturated heterocycles. The van der Waals surface area contributed by atoms with Crippen LogP contribution in [-0.4, -0.2) is 0 Å². The van der Waals surface area contributed by atoms with Crippen molar-refractivity contribution in [2.24, 2.45) is 0 Å². The van der Waals surface area contributed by atoms with Crippen molar-refractivity contribution in [3.8, 4) is 10.4 Å². The molecule has 0 aliphatic carbocycles. The summed E-state index contributed by atoms with van der Waals surface area (Å²) >= 11 is 3.73. The van der Waals surface area contributed by atoms with E-state index in [1.54, 1.807) is 0 Å². The van der Waals surface area contributed by atoms with E-state index >= 15 is 0 Å². The van der Waals surface area contributed by atoms with E-state index in [2.05, 4.69) is 35.9 Å². The van der Waals surface area contributed by atoms with E-state index in [9.17, 15) is 0 Å². The molecule has 0 aliphatic rings. The van der Waals surface area contributed by atoms with E-state index in [1.165, 1.54) is 41.0 Å². The molecule has 0 aliphatic heterocycles. The summed E-state index contributed by atoms with van der Waals surface area (Å²) < 4.78 is 0. The van der Waals surface area contributed by atoms with Crippen molar-refractivity contribution in [3.63, 3.8) is 0 Å². The van der Waals surface area contributed by atoms with Gasteiger partial charge in [0.15, 0.2) is 0 Å². The fourth-order valence-corrected chi connectivity index (χ4v) is 3.35. The summed E-state index contributed by atoms with van der Waals surface area (Å²) in [6.45, 7) is 2.26. The molecule has 0 N–H and O–H groups in total. The van der Waals surface area contributed by atoms with Gasteiger partial charge in [-0.1, -0.05) is 25.8 Å². The molecule has 2 rings (SSSR count). The van der Waals surface area contributed by atoms with Crippen molar-refractivity contribution in [2.45, 2.75) is 32.6 Å². The number of hydrogen-bond acceptors (Lipinski definition) is 2. The Bertz CT molecular complexity index is 384. The first-order valence-electron chi connectivity index (χ1n) is 5.51. The molecule has 0 spiro atoms. The monoisotopic (exact) mass is 236 g/mol. The zero-order chi connectivity index (χ0) is 10.5. The molecular formula is C13H16S2. The second-order valence-electron chi connectivity index (χ2n) is 3.74. The van der Waals surface area contributed by atoms with Gasteiger partial charge in [-0.15, -0.1) is 22.7 Å². The second-order valence-corrected chi connectivity index (χ2v) is 5.68. The molecular weight excluding hydrogens is 220 g/mol. The summed E-state index contributed by atoms with van der Waals surface area (Å²) in [6, 6.07) is 6.67. The molecule has 2 aromatic heterocycles. The highest BCUT2D eigenvalue weighted by Crippen LogP contribution is 2.29. The number of rotatable bonds is 5. The van der Waals surface area contributed by atoms with Crippen molar-refractivity contribution in [3.05, 3.63) is 33.8 Å². The molecule has 15 heavy (non-hydrogen) atoms. The van der Waals surface area contributed by atoms with E-state index in [4.69, 9.17) is 0 Å². The topological polar surface area (TPSA) is 0 Å². The molecule has 0 atom stereocenters. The van der Waals surface area contributed by atoms with Crippen LogP contribution in [0.2, 0.25) is 0 Å². The smallest absolute Gasteiger partial charge is 0.0351 e. The Morgan fingerprint density at radius 2 is 2.13 bits per heavy atom. The number of aryl methyl sites for hydroxylation is 1. The number of unbranched alkanes of at least 4 members (excludes halogenated alkanes) is 2. The first-order chi connectivity index (χ1) is 7.40. The molecule has 0 saturated carbocycles. The van der Waals surface area contributed by atoms with Gasteiger partial charge in [-0.25, -0.2) is 0 Å². The second kappa shape index (κ2) is 5.47. The average Bonchev–Trinajstić information content (AvgIpc) is 2.87. The Hall–Kier alpha value is -0.600. The van der Waals surface area contributed by atoms with E-state index < -0.39 is 0 Å². The summed E-state index contributed by atoms with van der Waals surface area (Å²) in [5.74, 6) is 0. The van der Waals surface area contributed by atoms with Crippen molar-refractivity contribution in [2.75, 3.05) is 0 Å². The van der Waals surface area contributed by atoms with Crippen LogP contribution in [0, 0.1) is 0 Å². The lowest BCUT2D eigenvalue weighted by Gasteiger charge is -1.94. The highest BCUT2D eigenvalue weighted by Gasteiger charge is 2.02. The van der Waals surface area contributed by atoms with Crippen LogP contribution >= 0.6 is 22.7 Å². The van der Waals surface area contributed by atoms with Crippen LogP contribution in [0.3, 0.4) is 0 Å². The minimum absolute atomic E-state index is 1.25. The quantitative estimate of drug-likeness (QED) is 0.625. The minimum Gasteiger partial charge on any atom is -0.148 e. The lowest BCUT2D eigenvalue weighted by molar-refractivity contribution is 0.723. The zero-order valence-corrected chi connectivity index (χ0v) is 10.7. The molecule has 0 amide bonds. The van der Waals surface area contributed by atoms with Crippen molar-refractivity contribution >= 4 is 22.7 Å². The van der Waals surface area contributed by atoms with Crippen molar-refractivity contribution < 1.29 is 0 Å². The molecule has 0 unspecified atom stereocenters. The van der Waals surface area contributed by atoms with E-state index in [0.29, 0.717) is 0 Å². The fraction of sp³-hybridized carbons (Fsp3) is 0.385. The van der Waals surface area contributed by atoms with Gasteiger partial charge < -0.3 is 0 Å². The predicted molar refractivity (Wildman–Crippen MR) is 70.9 cm³/mol. The summed E-state index contributed by atoms with van der Waals surface area (Å²) in [5, 5.41) is 4.43. The van der Waals surface area contributed by atoms with Crippen molar-refractivity contribution in [1.82, 2.24) is 0 Å². The molecule has 0 aromatic carbocycles. The maximum Gasteiger partial charge on any atom is 0.0351 e. The fourth-order valence-electron chi connectivity index (χ4n) is 1.63. The van der Waals surface area contributed by atoms with Gasteiger partial charge >= 0.3 is 0 Å². The van der Waals surface area contributed by atoms with Gasteiger partial charge in [0.2, 0.25) is 0 Å². The molecule has 80 valence electrons. The number of hydrogen-bond donors (Lipinski definition) is 0. The Kier molecular flexibility index (Phi) is 3.98. The minimum atomic E-state index is 1.25. The number of thiophene rings is 2. The maximum atomic E-state index is 2.35. The van der Waals surface area contributed by atoms with E-state index in [-0.39, 0.29) is 0 Å². The van der Waals surface area contributed by atoms with Crippen LogP contribution in [0.4, 0.5) is 0 Å². The molecule has 0 fully saturated rings. The van der Waals surface area contributed by atoms with E-state index in [0.717, 1.165) is 0 Å². The van der Waals surface area contributed by atoms with Crippen LogP contribution in [-0.2, 0) is 6.42 Å². The molecule has 0 nitrogen and oxygen atoms in total. The summed E-state index contributed by atoms with van der Waals surface area (Å²) in [7, 11) is 0. The lowest BCUT2D eigenvalue weighted by Crippen LogP contribution is -1.79. The molecule has 0 radical (unpaired) electrons. The maximum absolute atomic E-state index is 2.35. The van der Waals surface area contributed by atoms with Gasteiger partial charge in [0.05, 0.1) is 0 Å². The zero-order valence-electron chi connectivity index (χ0n) is 9.03. The van der Waals surface area contributed by atoms with Gasteiger partial charge in [-0.05, 0) is 35.7 Å². The average molecular weight is 236 g/mol. The SMILES string of the molecule is CCCCCc1cc(-c2cccs2)cs1. The largest absolute Gasteiger partial charge is 0.148 e. The molecule has 2 heterocycles. The van der Waals surface area contributed by atoms with Crippen molar-refractivity contribution in [1.29, 1.82) is 0 Å². The van der Waals surface area contributed by atoms with E-state index in [1.807, 2.05) is 22.7 Å². The highest BCUT2D eigenvalue weighted by atomic mass is 32.1. The summed E-state index contributed by atoms with van der Waals surface area (Å²) in [5.41, 5.74) is 1.40. The van der Waals surface area contributed by atoms with Gasteiger partial charge in [0, 0.05) is 15.3 Å². The van der Waals surface area contributed by atoms with Crippen LogP contribution < -0.4 is 0 Å². The first-order valence-corrected chi connectivity index (χ1v) is 7.27. The highest BCUT2D eigenvalue weighted by molar-refractivity contribution is 7.14. The Labute approximate surface area is 99.6 Å². The first kappa shape index (κ1) is 10.9. The Morgan fingerprint density at radius 3 is 2.87 bits per heavy atom. The third-order valence-corrected chi connectivity index (χ3v) is 4.40. The normalized spacial score (nSPS) is 10.7.